The molecule has 282 valence electrons. The first-order chi connectivity index (χ1) is 24.9. The number of imidazole rings is 1. The summed E-state index contributed by atoms with van der Waals surface area (Å²) in [6.45, 7) is 7.13. The summed E-state index contributed by atoms with van der Waals surface area (Å²) in [6.07, 6.45) is 10.8. The number of aromatic nitrogens is 2. The number of furan rings is 1. The lowest BCUT2D eigenvalue weighted by atomic mass is 10.0. The molecule has 0 fully saturated rings. The van der Waals surface area contributed by atoms with E-state index in [-0.39, 0.29) is 51.7 Å². The predicted octanol–water partition coefficient (Wildman–Crippen LogP) is 8.42. The van der Waals surface area contributed by atoms with Gasteiger partial charge in [-0.1, -0.05) is 107 Å². The van der Waals surface area contributed by atoms with Crippen LogP contribution in [-0.2, 0) is 21.2 Å². The van der Waals surface area contributed by atoms with Gasteiger partial charge in [0.2, 0.25) is 0 Å². The average Bonchev–Trinajstić information content (AvgIpc) is 3.57. The van der Waals surface area contributed by atoms with Crippen molar-refractivity contribution in [3.05, 3.63) is 92.8 Å². The number of halogens is 1. The second-order valence-corrected chi connectivity index (χ2v) is 15.5. The molecule has 2 aromatic carbocycles. The number of anilines is 1. The summed E-state index contributed by atoms with van der Waals surface area (Å²) in [6, 6.07) is 12.4. The van der Waals surface area contributed by atoms with E-state index in [0.717, 1.165) is 30.3 Å². The van der Waals surface area contributed by atoms with Crippen LogP contribution in [0.4, 0.5) is 5.69 Å². The summed E-state index contributed by atoms with van der Waals surface area (Å²) in [4.78, 5) is 42.2. The van der Waals surface area contributed by atoms with Crippen LogP contribution < -0.4 is 15.7 Å². The van der Waals surface area contributed by atoms with E-state index in [1.165, 1.54) is 56.4 Å². The van der Waals surface area contributed by atoms with E-state index in [0.29, 0.717) is 22.3 Å². The maximum atomic E-state index is 14.1. The molecule has 0 aliphatic carbocycles. The van der Waals surface area contributed by atoms with Crippen molar-refractivity contribution in [3.63, 3.8) is 0 Å². The molecule has 2 aromatic heterocycles. The first-order valence-electron chi connectivity index (χ1n) is 18.0. The molecule has 1 unspecified atom stereocenters. The molecule has 13 heteroatoms. The Morgan fingerprint density at radius 1 is 0.923 bits per heavy atom. The number of nitrogens with one attached hydrogen (secondary N) is 1. The van der Waals surface area contributed by atoms with Crippen LogP contribution in [0, 0.1) is 13.8 Å². The lowest BCUT2D eigenvalue weighted by molar-refractivity contribution is -0.118. The number of hydrogen-bond acceptors (Lipinski definition) is 8. The summed E-state index contributed by atoms with van der Waals surface area (Å²) < 4.78 is 39.3. The number of benzene rings is 2. The zero-order valence-electron chi connectivity index (χ0n) is 30.5. The standard InChI is InChI=1S/C39H50ClN3O8S/c1-5-7-8-9-10-11-12-13-14-18-23-52(48,49)30-21-22-33(32(40)25-30)41-36(45)34(35(44)31-24-27(3)51-28(31)4)43-37(46)38(50-6-2)42(39(43)47)26-29-19-16-15-17-20-29/h15-17,19-22,24-25,34,46H,5-14,18,23,26H2,1-4H3,(H,41,45). The monoisotopic (exact) mass is 755 g/mol. The number of ketones is 1. The van der Waals surface area contributed by atoms with Gasteiger partial charge in [0.25, 0.3) is 17.7 Å². The molecule has 0 bridgehead atoms. The van der Waals surface area contributed by atoms with Crippen molar-refractivity contribution in [3.8, 4) is 11.8 Å². The number of amides is 1. The number of unbranched alkanes of at least 4 members (excludes halogenated alkanes) is 9. The van der Waals surface area contributed by atoms with Gasteiger partial charge in [0, 0.05) is 0 Å². The number of rotatable bonds is 21. The molecule has 4 rings (SSSR count). The van der Waals surface area contributed by atoms with Gasteiger partial charge in [-0.3, -0.25) is 14.2 Å². The summed E-state index contributed by atoms with van der Waals surface area (Å²) >= 11 is 6.52. The van der Waals surface area contributed by atoms with E-state index in [1.54, 1.807) is 45.0 Å². The van der Waals surface area contributed by atoms with Crippen LogP contribution in [0.1, 0.15) is 112 Å². The highest BCUT2D eigenvalue weighted by atomic mass is 35.5. The maximum absolute atomic E-state index is 14.1. The Morgan fingerprint density at radius 3 is 2.13 bits per heavy atom. The van der Waals surface area contributed by atoms with Crippen LogP contribution in [0.2, 0.25) is 5.02 Å². The highest BCUT2D eigenvalue weighted by molar-refractivity contribution is 7.91. The van der Waals surface area contributed by atoms with E-state index < -0.39 is 39.1 Å². The summed E-state index contributed by atoms with van der Waals surface area (Å²) in [5.74, 6) is -2.15. The van der Waals surface area contributed by atoms with Gasteiger partial charge in [-0.15, -0.1) is 0 Å². The van der Waals surface area contributed by atoms with Gasteiger partial charge >= 0.3 is 5.69 Å². The molecule has 11 nitrogen and oxygen atoms in total. The topological polar surface area (TPSA) is 150 Å². The van der Waals surface area contributed by atoms with Crippen molar-refractivity contribution < 1.29 is 32.3 Å². The van der Waals surface area contributed by atoms with Gasteiger partial charge in [0.05, 0.1) is 40.1 Å². The Balaban J connectivity index is 1.56. The van der Waals surface area contributed by atoms with E-state index in [2.05, 4.69) is 12.2 Å². The number of hydrogen-bond donors (Lipinski definition) is 2. The largest absolute Gasteiger partial charge is 0.491 e. The number of carbonyl (C=O) groups excluding carboxylic acids is 2. The van der Waals surface area contributed by atoms with Crippen LogP contribution in [-0.4, -0.2) is 46.7 Å². The van der Waals surface area contributed by atoms with Gasteiger partial charge < -0.3 is 19.6 Å². The second-order valence-electron chi connectivity index (χ2n) is 13.0. The minimum atomic E-state index is -3.65. The molecule has 0 spiro atoms. The number of Topliss-reactive ketones (excluding diaryl/α,β-unsaturated/α-hetero) is 1. The summed E-state index contributed by atoms with van der Waals surface area (Å²) in [7, 11) is -3.65. The van der Waals surface area contributed by atoms with Crippen molar-refractivity contribution in [1.29, 1.82) is 0 Å². The minimum absolute atomic E-state index is 0.0109. The normalized spacial score (nSPS) is 12.2. The fourth-order valence-corrected chi connectivity index (χ4v) is 7.90. The fourth-order valence-electron chi connectivity index (χ4n) is 6.21. The molecule has 1 amide bonds. The molecule has 4 aromatic rings. The van der Waals surface area contributed by atoms with Crippen molar-refractivity contribution >= 4 is 38.8 Å². The Kier molecular flexibility index (Phi) is 14.8. The molecule has 52 heavy (non-hydrogen) atoms. The van der Waals surface area contributed by atoms with Gasteiger partial charge in [0.1, 0.15) is 11.5 Å². The molecule has 2 heterocycles. The van der Waals surface area contributed by atoms with E-state index >= 15 is 0 Å². The van der Waals surface area contributed by atoms with Gasteiger partial charge in [-0.2, -0.15) is 0 Å². The molecule has 0 saturated carbocycles. The number of aryl methyl sites for hydroxylation is 2. The van der Waals surface area contributed by atoms with Crippen LogP contribution in [0.25, 0.3) is 0 Å². The number of carbonyl (C=O) groups is 2. The smallest absolute Gasteiger partial charge is 0.335 e. The Morgan fingerprint density at radius 2 is 1.56 bits per heavy atom. The minimum Gasteiger partial charge on any atom is -0.491 e. The third-order valence-corrected chi connectivity index (χ3v) is 11.1. The number of ether oxygens (including phenoxy) is 1. The fraction of sp³-hybridized carbons (Fsp3) is 0.462. The first kappa shape index (κ1) is 40.5. The van der Waals surface area contributed by atoms with Crippen LogP contribution in [0.5, 0.6) is 11.8 Å². The number of nitrogens with zero attached hydrogens (tertiary/aromatic N) is 2. The van der Waals surface area contributed by atoms with Crippen molar-refractivity contribution in [2.45, 2.75) is 109 Å². The SMILES string of the molecule is CCCCCCCCCCCCS(=O)(=O)c1ccc(NC(=O)C(C(=O)c2cc(C)oc2C)n2c(O)c(OCC)n(Cc3ccccc3)c2=O)c(Cl)c1. The molecule has 0 aliphatic rings. The van der Waals surface area contributed by atoms with E-state index in [1.807, 2.05) is 6.07 Å². The maximum Gasteiger partial charge on any atom is 0.335 e. The van der Waals surface area contributed by atoms with Crippen molar-refractivity contribution in [2.75, 3.05) is 17.7 Å². The summed E-state index contributed by atoms with van der Waals surface area (Å²) in [5.41, 5.74) is -0.0945. The highest BCUT2D eigenvalue weighted by Gasteiger charge is 2.38. The molecular formula is C39H50ClN3O8S. The van der Waals surface area contributed by atoms with Crippen LogP contribution in [0.3, 0.4) is 0 Å². The van der Waals surface area contributed by atoms with Gasteiger partial charge in [-0.05, 0) is 57.0 Å². The van der Waals surface area contributed by atoms with Gasteiger partial charge in [-0.25, -0.2) is 17.8 Å². The highest BCUT2D eigenvalue weighted by Crippen LogP contribution is 2.33. The van der Waals surface area contributed by atoms with Crippen molar-refractivity contribution in [1.82, 2.24) is 9.13 Å². The molecule has 0 aliphatic heterocycles. The van der Waals surface area contributed by atoms with Crippen molar-refractivity contribution in [2.24, 2.45) is 0 Å². The molecule has 1 atom stereocenters. The quantitative estimate of drug-likeness (QED) is 0.0489. The zero-order chi connectivity index (χ0) is 37.8. The third-order valence-electron chi connectivity index (χ3n) is 8.95. The Hall–Kier alpha value is -4.29. The Labute approximate surface area is 310 Å². The van der Waals surface area contributed by atoms with Crippen LogP contribution >= 0.6 is 11.6 Å². The lowest BCUT2D eigenvalue weighted by Gasteiger charge is -2.18. The van der Waals surface area contributed by atoms with Crippen LogP contribution in [0.15, 0.2) is 68.7 Å². The van der Waals surface area contributed by atoms with E-state index in [9.17, 15) is 27.9 Å². The van der Waals surface area contributed by atoms with Gasteiger partial charge in [0.15, 0.2) is 21.7 Å². The molecule has 0 radical (unpaired) electrons. The number of aromatic hydroxyl groups is 1. The molecular weight excluding hydrogens is 706 g/mol. The van der Waals surface area contributed by atoms with E-state index in [4.69, 9.17) is 20.8 Å². The average molecular weight is 756 g/mol. The lowest BCUT2D eigenvalue weighted by Crippen LogP contribution is -2.39. The number of sulfone groups is 1. The first-order valence-corrected chi connectivity index (χ1v) is 20.1. The molecule has 2 N–H and O–H groups in total. The second kappa shape index (κ2) is 19.0. The summed E-state index contributed by atoms with van der Waals surface area (Å²) in [5, 5.41) is 13.9. The Bertz CT molecular complexity index is 1980. The molecule has 0 saturated heterocycles. The zero-order valence-corrected chi connectivity index (χ0v) is 32.0. The predicted molar refractivity (Wildman–Crippen MR) is 203 cm³/mol. The third kappa shape index (κ3) is 10.2.